The summed E-state index contributed by atoms with van der Waals surface area (Å²) in [5.41, 5.74) is 1.25. The van der Waals surface area contributed by atoms with Crippen molar-refractivity contribution in [1.29, 1.82) is 0 Å². The normalized spacial score (nSPS) is 21.1. The summed E-state index contributed by atoms with van der Waals surface area (Å²) < 4.78 is 1.30. The molecule has 1 saturated heterocycles. The molecule has 76 valence electrons. The number of rotatable bonds is 3. The Kier molecular flexibility index (Phi) is 3.99. The van der Waals surface area contributed by atoms with E-state index in [4.69, 9.17) is 0 Å². The van der Waals surface area contributed by atoms with Crippen LogP contribution in [0.15, 0.2) is 24.3 Å². The molecule has 1 aliphatic heterocycles. The summed E-state index contributed by atoms with van der Waals surface area (Å²) in [6.07, 6.45) is 1.38. The third kappa shape index (κ3) is 3.05. The highest BCUT2D eigenvalue weighted by Gasteiger charge is 2.14. The summed E-state index contributed by atoms with van der Waals surface area (Å²) in [6, 6.07) is 8.60. The molecular weight excluding hydrogens is 305 g/mol. The van der Waals surface area contributed by atoms with E-state index < -0.39 is 0 Å². The maximum absolute atomic E-state index is 3.50. The van der Waals surface area contributed by atoms with Gasteiger partial charge in [-0.3, -0.25) is 0 Å². The molecule has 3 heteroatoms. The van der Waals surface area contributed by atoms with E-state index in [9.17, 15) is 0 Å². The first-order valence-corrected chi connectivity index (χ1v) is 7.15. The van der Waals surface area contributed by atoms with Crippen LogP contribution >= 0.6 is 34.4 Å². The predicted molar refractivity (Wildman–Crippen MR) is 73.1 cm³/mol. The van der Waals surface area contributed by atoms with Gasteiger partial charge >= 0.3 is 0 Å². The maximum Gasteiger partial charge on any atom is 0.0340 e. The molecule has 1 aliphatic rings. The van der Waals surface area contributed by atoms with E-state index in [-0.39, 0.29) is 0 Å². The molecular formula is C11H14INS. The van der Waals surface area contributed by atoms with Crippen molar-refractivity contribution >= 4 is 40.0 Å². The van der Waals surface area contributed by atoms with Gasteiger partial charge in [0, 0.05) is 15.8 Å². The second-order valence-electron chi connectivity index (χ2n) is 3.62. The number of benzene rings is 1. The van der Waals surface area contributed by atoms with Gasteiger partial charge in [0.2, 0.25) is 0 Å². The van der Waals surface area contributed by atoms with Gasteiger partial charge in [-0.25, -0.2) is 0 Å². The fourth-order valence-electron chi connectivity index (χ4n) is 1.57. The summed E-state index contributed by atoms with van der Waals surface area (Å²) >= 11 is 4.41. The van der Waals surface area contributed by atoms with E-state index in [1.807, 2.05) is 0 Å². The van der Waals surface area contributed by atoms with Gasteiger partial charge in [-0.05, 0) is 70.7 Å². The number of anilines is 1. The zero-order valence-corrected chi connectivity index (χ0v) is 11.0. The van der Waals surface area contributed by atoms with E-state index >= 15 is 0 Å². The van der Waals surface area contributed by atoms with Crippen molar-refractivity contribution in [3.63, 3.8) is 0 Å². The highest BCUT2D eigenvalue weighted by atomic mass is 127. The van der Waals surface area contributed by atoms with Crippen LogP contribution in [-0.2, 0) is 0 Å². The molecule has 1 unspecified atom stereocenters. The quantitative estimate of drug-likeness (QED) is 0.857. The van der Waals surface area contributed by atoms with Crippen molar-refractivity contribution < 1.29 is 0 Å². The molecule has 0 radical (unpaired) electrons. The predicted octanol–water partition coefficient (Wildman–Crippen LogP) is 3.46. The van der Waals surface area contributed by atoms with Crippen LogP contribution in [0.1, 0.15) is 6.42 Å². The lowest BCUT2D eigenvalue weighted by Crippen LogP contribution is -2.13. The number of hydrogen-bond acceptors (Lipinski definition) is 2. The van der Waals surface area contributed by atoms with Crippen LogP contribution in [-0.4, -0.2) is 18.1 Å². The van der Waals surface area contributed by atoms with Gasteiger partial charge in [0.15, 0.2) is 0 Å². The van der Waals surface area contributed by atoms with E-state index in [2.05, 4.69) is 63.9 Å². The molecule has 1 aromatic rings. The smallest absolute Gasteiger partial charge is 0.0340 e. The Labute approximate surface area is 103 Å². The number of hydrogen-bond donors (Lipinski definition) is 1. The minimum Gasteiger partial charge on any atom is -0.385 e. The molecule has 1 heterocycles. The molecule has 1 atom stereocenters. The molecule has 0 aromatic heterocycles. The Hall–Kier alpha value is 0.1000. The van der Waals surface area contributed by atoms with Crippen molar-refractivity contribution in [2.45, 2.75) is 6.42 Å². The molecule has 1 N–H and O–H groups in total. The third-order valence-corrected chi connectivity index (χ3v) is 4.41. The van der Waals surface area contributed by atoms with Crippen molar-refractivity contribution in [1.82, 2.24) is 0 Å². The van der Waals surface area contributed by atoms with Gasteiger partial charge in [0.25, 0.3) is 0 Å². The molecule has 1 nitrogen and oxygen atoms in total. The molecule has 1 fully saturated rings. The summed E-state index contributed by atoms with van der Waals surface area (Å²) in [4.78, 5) is 0. The molecule has 0 bridgehead atoms. The van der Waals surface area contributed by atoms with Crippen molar-refractivity contribution in [2.75, 3.05) is 23.4 Å². The molecule has 0 aliphatic carbocycles. The second kappa shape index (κ2) is 5.26. The van der Waals surface area contributed by atoms with Gasteiger partial charge in [-0.2, -0.15) is 11.8 Å². The van der Waals surface area contributed by atoms with Crippen molar-refractivity contribution in [3.05, 3.63) is 27.8 Å². The lowest BCUT2D eigenvalue weighted by molar-refractivity contribution is 0.632. The molecule has 1 aromatic carbocycles. The minimum absolute atomic E-state index is 0.874. The van der Waals surface area contributed by atoms with Crippen LogP contribution in [0.2, 0.25) is 0 Å². The Bertz CT molecular complexity index is 280. The second-order valence-corrected chi connectivity index (χ2v) is 6.01. The SMILES string of the molecule is Ic1ccc(NCC2CCSC2)cc1. The standard InChI is InChI=1S/C11H14INS/c12-10-1-3-11(4-2-10)13-7-9-5-6-14-8-9/h1-4,9,13H,5-8H2. The number of thioether (sulfide) groups is 1. The lowest BCUT2D eigenvalue weighted by atomic mass is 10.1. The van der Waals surface area contributed by atoms with Gasteiger partial charge in [0.05, 0.1) is 0 Å². The van der Waals surface area contributed by atoms with E-state index in [1.54, 1.807) is 0 Å². The van der Waals surface area contributed by atoms with Crippen molar-refractivity contribution in [2.24, 2.45) is 5.92 Å². The van der Waals surface area contributed by atoms with Gasteiger partial charge in [-0.15, -0.1) is 0 Å². The summed E-state index contributed by atoms with van der Waals surface area (Å²) in [5.74, 6) is 3.55. The van der Waals surface area contributed by atoms with Crippen LogP contribution in [0.5, 0.6) is 0 Å². The Morgan fingerprint density at radius 1 is 1.36 bits per heavy atom. The first-order valence-electron chi connectivity index (χ1n) is 4.92. The molecule has 0 spiro atoms. The highest BCUT2D eigenvalue weighted by molar-refractivity contribution is 14.1. The zero-order chi connectivity index (χ0) is 9.80. The topological polar surface area (TPSA) is 12.0 Å². The van der Waals surface area contributed by atoms with Gasteiger partial charge < -0.3 is 5.32 Å². The summed E-state index contributed by atoms with van der Waals surface area (Å²) in [7, 11) is 0. The lowest BCUT2D eigenvalue weighted by Gasteiger charge is -2.10. The van der Waals surface area contributed by atoms with Crippen molar-refractivity contribution in [3.8, 4) is 0 Å². The zero-order valence-electron chi connectivity index (χ0n) is 8.00. The largest absolute Gasteiger partial charge is 0.385 e. The monoisotopic (exact) mass is 319 g/mol. The summed E-state index contributed by atoms with van der Waals surface area (Å²) in [5, 5.41) is 3.50. The maximum atomic E-state index is 3.50. The minimum atomic E-state index is 0.874. The average Bonchev–Trinajstić information content (AvgIpc) is 2.70. The molecule has 0 amide bonds. The van der Waals surface area contributed by atoms with E-state index in [1.165, 1.54) is 27.2 Å². The van der Waals surface area contributed by atoms with Crippen LogP contribution in [0.4, 0.5) is 5.69 Å². The van der Waals surface area contributed by atoms with Gasteiger partial charge in [-0.1, -0.05) is 0 Å². The van der Waals surface area contributed by atoms with Crippen LogP contribution in [0.25, 0.3) is 0 Å². The Morgan fingerprint density at radius 3 is 2.79 bits per heavy atom. The fraction of sp³-hybridized carbons (Fsp3) is 0.455. The first-order chi connectivity index (χ1) is 6.84. The average molecular weight is 319 g/mol. The Balaban J connectivity index is 1.82. The fourth-order valence-corrected chi connectivity index (χ4v) is 3.22. The summed E-state index contributed by atoms with van der Waals surface area (Å²) in [6.45, 7) is 1.13. The third-order valence-electron chi connectivity index (χ3n) is 2.46. The van der Waals surface area contributed by atoms with E-state index in [0.29, 0.717) is 0 Å². The van der Waals surface area contributed by atoms with Crippen LogP contribution < -0.4 is 5.32 Å². The highest BCUT2D eigenvalue weighted by Crippen LogP contribution is 2.23. The van der Waals surface area contributed by atoms with Gasteiger partial charge in [0.1, 0.15) is 0 Å². The van der Waals surface area contributed by atoms with Crippen LogP contribution in [0.3, 0.4) is 0 Å². The number of nitrogens with one attached hydrogen (secondary N) is 1. The first kappa shape index (κ1) is 10.6. The van der Waals surface area contributed by atoms with Crippen LogP contribution in [0, 0.1) is 9.49 Å². The number of halogens is 1. The molecule has 14 heavy (non-hydrogen) atoms. The Morgan fingerprint density at radius 2 is 2.14 bits per heavy atom. The molecule has 2 rings (SSSR count). The molecule has 0 saturated carbocycles. The van der Waals surface area contributed by atoms with E-state index in [0.717, 1.165) is 12.5 Å².